The van der Waals surface area contributed by atoms with Gasteiger partial charge in [-0.15, -0.1) is 0 Å². The lowest BCUT2D eigenvalue weighted by Crippen LogP contribution is -1.92. The van der Waals surface area contributed by atoms with Gasteiger partial charge < -0.3 is 4.74 Å². The zero-order valence-corrected chi connectivity index (χ0v) is 10.5. The number of aryl methyl sites for hydroxylation is 1. The Balaban J connectivity index is 2.34. The molecule has 0 saturated carbocycles. The van der Waals surface area contributed by atoms with E-state index in [1.807, 2.05) is 44.2 Å². The SMILES string of the molecule is CCOc1ccc(-c2ncc(C#N)cc2C)cc1. The second kappa shape index (κ2) is 5.33. The molecule has 0 bridgehead atoms. The summed E-state index contributed by atoms with van der Waals surface area (Å²) in [6.07, 6.45) is 1.60. The molecule has 0 amide bonds. The quantitative estimate of drug-likeness (QED) is 0.824. The fourth-order valence-corrected chi connectivity index (χ4v) is 1.81. The molecule has 90 valence electrons. The van der Waals surface area contributed by atoms with Crippen LogP contribution in [0.5, 0.6) is 5.75 Å². The van der Waals surface area contributed by atoms with Crippen LogP contribution in [-0.2, 0) is 0 Å². The van der Waals surface area contributed by atoms with Crippen LogP contribution in [0.3, 0.4) is 0 Å². The summed E-state index contributed by atoms with van der Waals surface area (Å²) in [5.41, 5.74) is 3.51. The van der Waals surface area contributed by atoms with Gasteiger partial charge in [0.25, 0.3) is 0 Å². The second-order valence-corrected chi connectivity index (χ2v) is 3.96. The lowest BCUT2D eigenvalue weighted by molar-refractivity contribution is 0.340. The lowest BCUT2D eigenvalue weighted by Gasteiger charge is -2.07. The Bertz CT molecular complexity index is 582. The average molecular weight is 238 g/mol. The van der Waals surface area contributed by atoms with Crippen molar-refractivity contribution >= 4 is 0 Å². The number of benzene rings is 1. The van der Waals surface area contributed by atoms with Gasteiger partial charge in [0.15, 0.2) is 0 Å². The Morgan fingerprint density at radius 2 is 2.00 bits per heavy atom. The molecule has 1 heterocycles. The Morgan fingerprint density at radius 3 is 2.56 bits per heavy atom. The van der Waals surface area contributed by atoms with Crippen molar-refractivity contribution in [3.63, 3.8) is 0 Å². The van der Waals surface area contributed by atoms with E-state index in [1.54, 1.807) is 6.20 Å². The maximum Gasteiger partial charge on any atom is 0.119 e. The van der Waals surface area contributed by atoms with E-state index in [2.05, 4.69) is 11.1 Å². The van der Waals surface area contributed by atoms with Crippen LogP contribution >= 0.6 is 0 Å². The molecule has 0 atom stereocenters. The summed E-state index contributed by atoms with van der Waals surface area (Å²) in [5, 5.41) is 8.81. The third-order valence-corrected chi connectivity index (χ3v) is 2.65. The Hall–Kier alpha value is -2.34. The Labute approximate surface area is 107 Å². The summed E-state index contributed by atoms with van der Waals surface area (Å²) in [5.74, 6) is 0.854. The second-order valence-electron chi connectivity index (χ2n) is 3.96. The van der Waals surface area contributed by atoms with Gasteiger partial charge >= 0.3 is 0 Å². The molecule has 0 aliphatic rings. The van der Waals surface area contributed by atoms with Gasteiger partial charge in [-0.3, -0.25) is 4.98 Å². The van der Waals surface area contributed by atoms with E-state index in [1.165, 1.54) is 0 Å². The number of nitriles is 1. The van der Waals surface area contributed by atoms with E-state index < -0.39 is 0 Å². The molecule has 0 saturated heterocycles. The van der Waals surface area contributed by atoms with Crippen LogP contribution in [0.15, 0.2) is 36.5 Å². The van der Waals surface area contributed by atoms with Crippen LogP contribution in [0, 0.1) is 18.3 Å². The first kappa shape index (κ1) is 12.1. The van der Waals surface area contributed by atoms with E-state index in [0.29, 0.717) is 12.2 Å². The molecule has 0 N–H and O–H groups in total. The highest BCUT2D eigenvalue weighted by atomic mass is 16.5. The minimum atomic E-state index is 0.585. The third kappa shape index (κ3) is 2.49. The van der Waals surface area contributed by atoms with E-state index >= 15 is 0 Å². The predicted molar refractivity (Wildman–Crippen MR) is 70.3 cm³/mol. The predicted octanol–water partition coefficient (Wildman–Crippen LogP) is 3.33. The van der Waals surface area contributed by atoms with Crippen molar-refractivity contribution < 1.29 is 4.74 Å². The van der Waals surface area contributed by atoms with Gasteiger partial charge in [-0.25, -0.2) is 0 Å². The zero-order chi connectivity index (χ0) is 13.0. The summed E-state index contributed by atoms with van der Waals surface area (Å²) in [4.78, 5) is 4.33. The van der Waals surface area contributed by atoms with E-state index in [0.717, 1.165) is 22.6 Å². The standard InChI is InChI=1S/C15H14N2O/c1-3-18-14-6-4-13(5-7-14)15-11(2)8-12(9-16)10-17-15/h4-8,10H,3H2,1-2H3. The van der Waals surface area contributed by atoms with Crippen LogP contribution in [0.25, 0.3) is 11.3 Å². The first-order valence-corrected chi connectivity index (χ1v) is 5.84. The van der Waals surface area contributed by atoms with Crippen molar-refractivity contribution in [1.82, 2.24) is 4.98 Å². The summed E-state index contributed by atoms with van der Waals surface area (Å²) in [6, 6.07) is 11.8. The minimum Gasteiger partial charge on any atom is -0.494 e. The summed E-state index contributed by atoms with van der Waals surface area (Å²) >= 11 is 0. The Morgan fingerprint density at radius 1 is 1.28 bits per heavy atom. The molecule has 0 aliphatic heterocycles. The third-order valence-electron chi connectivity index (χ3n) is 2.65. The first-order valence-electron chi connectivity index (χ1n) is 5.84. The highest BCUT2D eigenvalue weighted by Crippen LogP contribution is 2.23. The molecular weight excluding hydrogens is 224 g/mol. The normalized spacial score (nSPS) is 9.83. The molecule has 0 spiro atoms. The molecule has 3 heteroatoms. The van der Waals surface area contributed by atoms with Crippen LogP contribution in [-0.4, -0.2) is 11.6 Å². The average Bonchev–Trinajstić information content (AvgIpc) is 2.40. The van der Waals surface area contributed by atoms with Gasteiger partial charge in [0.2, 0.25) is 0 Å². The van der Waals surface area contributed by atoms with Gasteiger partial charge in [-0.1, -0.05) is 0 Å². The maximum absolute atomic E-state index is 8.81. The Kier molecular flexibility index (Phi) is 3.59. The van der Waals surface area contributed by atoms with Gasteiger partial charge in [-0.05, 0) is 49.7 Å². The first-order chi connectivity index (χ1) is 8.74. The zero-order valence-electron chi connectivity index (χ0n) is 10.5. The molecule has 0 aliphatic carbocycles. The smallest absolute Gasteiger partial charge is 0.119 e. The molecule has 0 radical (unpaired) electrons. The van der Waals surface area contributed by atoms with Gasteiger partial charge in [0.1, 0.15) is 11.8 Å². The molecule has 0 fully saturated rings. The monoisotopic (exact) mass is 238 g/mol. The van der Waals surface area contributed by atoms with Gasteiger partial charge in [-0.2, -0.15) is 5.26 Å². The molecule has 2 aromatic rings. The number of pyridine rings is 1. The van der Waals surface area contributed by atoms with Crippen molar-refractivity contribution in [1.29, 1.82) is 5.26 Å². The van der Waals surface area contributed by atoms with Crippen molar-refractivity contribution in [3.05, 3.63) is 47.7 Å². The van der Waals surface area contributed by atoms with E-state index in [9.17, 15) is 0 Å². The molecule has 0 unspecified atom stereocenters. The number of nitrogens with zero attached hydrogens (tertiary/aromatic N) is 2. The highest BCUT2D eigenvalue weighted by molar-refractivity contribution is 5.64. The van der Waals surface area contributed by atoms with E-state index in [-0.39, 0.29) is 0 Å². The van der Waals surface area contributed by atoms with Crippen LogP contribution in [0.1, 0.15) is 18.1 Å². The largest absolute Gasteiger partial charge is 0.494 e. The highest BCUT2D eigenvalue weighted by Gasteiger charge is 2.05. The van der Waals surface area contributed by atoms with Crippen LogP contribution in [0.2, 0.25) is 0 Å². The number of rotatable bonds is 3. The number of hydrogen-bond donors (Lipinski definition) is 0. The molecule has 18 heavy (non-hydrogen) atoms. The molecule has 3 nitrogen and oxygen atoms in total. The fraction of sp³-hybridized carbons (Fsp3) is 0.200. The summed E-state index contributed by atoms with van der Waals surface area (Å²) in [6.45, 7) is 4.58. The molecule has 1 aromatic carbocycles. The van der Waals surface area contributed by atoms with Gasteiger partial charge in [0, 0.05) is 11.8 Å². The topological polar surface area (TPSA) is 45.9 Å². The minimum absolute atomic E-state index is 0.585. The van der Waals surface area contributed by atoms with Gasteiger partial charge in [0.05, 0.1) is 17.9 Å². The number of hydrogen-bond acceptors (Lipinski definition) is 3. The maximum atomic E-state index is 8.81. The number of ether oxygens (including phenoxy) is 1. The van der Waals surface area contributed by atoms with Crippen LogP contribution < -0.4 is 4.74 Å². The van der Waals surface area contributed by atoms with Crippen molar-refractivity contribution in [2.75, 3.05) is 6.61 Å². The molecular formula is C15H14N2O. The van der Waals surface area contributed by atoms with Crippen molar-refractivity contribution in [3.8, 4) is 23.1 Å². The van der Waals surface area contributed by atoms with E-state index in [4.69, 9.17) is 10.00 Å². The molecule has 1 aromatic heterocycles. The van der Waals surface area contributed by atoms with Crippen molar-refractivity contribution in [2.45, 2.75) is 13.8 Å². The molecule has 2 rings (SSSR count). The lowest BCUT2D eigenvalue weighted by atomic mass is 10.1. The van der Waals surface area contributed by atoms with Crippen molar-refractivity contribution in [2.24, 2.45) is 0 Å². The fourth-order valence-electron chi connectivity index (χ4n) is 1.81. The number of aromatic nitrogens is 1. The summed E-state index contributed by atoms with van der Waals surface area (Å²) < 4.78 is 5.40. The summed E-state index contributed by atoms with van der Waals surface area (Å²) in [7, 11) is 0. The van der Waals surface area contributed by atoms with Crippen LogP contribution in [0.4, 0.5) is 0 Å².